The van der Waals surface area contributed by atoms with E-state index in [9.17, 15) is 10.2 Å². The Bertz CT molecular complexity index is 633. The molecule has 0 amide bonds. The first kappa shape index (κ1) is 19.3. The number of aliphatic hydroxyl groups is 2. The second kappa shape index (κ2) is 6.95. The third-order valence-corrected chi connectivity index (χ3v) is 9.81. The molecule has 0 bridgehead atoms. The lowest BCUT2D eigenvalue weighted by Gasteiger charge is -2.61. The lowest BCUT2D eigenvalue weighted by molar-refractivity contribution is -0.153. The average Bonchev–Trinajstić information content (AvgIpc) is 3.29. The van der Waals surface area contributed by atoms with Crippen LogP contribution < -0.4 is 5.32 Å². The highest BCUT2D eigenvalue weighted by Crippen LogP contribution is 2.66. The third kappa shape index (κ3) is 2.87. The van der Waals surface area contributed by atoms with Crippen molar-refractivity contribution in [2.24, 2.45) is 39.7 Å². The standard InChI is InChI=1S/C23H38N2O3/c1-22-8-5-14(25-28-15-7-10-24-13-15)11-19(22)20(26)12-16-17-3-4-21(27)23(17,2)9-6-18(16)22/h15-21,24,26-27H,3-13H2,1-2H3/t15-,16+,17+,18+,19?,20+,21+,22-,23+/m1/s1. The molecule has 3 N–H and O–H groups in total. The molecular weight excluding hydrogens is 352 g/mol. The molecule has 1 heterocycles. The predicted octanol–water partition coefficient (Wildman–Crippen LogP) is 3.10. The van der Waals surface area contributed by atoms with E-state index < -0.39 is 0 Å². The minimum absolute atomic E-state index is 0.0779. The van der Waals surface area contributed by atoms with Crippen LogP contribution in [0.1, 0.15) is 71.6 Å². The molecule has 4 saturated carbocycles. The third-order valence-electron chi connectivity index (χ3n) is 9.81. The molecule has 1 unspecified atom stereocenters. The fourth-order valence-corrected chi connectivity index (χ4v) is 8.02. The van der Waals surface area contributed by atoms with E-state index in [1.807, 2.05) is 0 Å². The summed E-state index contributed by atoms with van der Waals surface area (Å²) < 4.78 is 0. The molecular formula is C23H38N2O3. The maximum atomic E-state index is 11.2. The highest BCUT2D eigenvalue weighted by atomic mass is 16.6. The van der Waals surface area contributed by atoms with Gasteiger partial charge < -0.3 is 20.4 Å². The van der Waals surface area contributed by atoms with Gasteiger partial charge in [-0.15, -0.1) is 0 Å². The molecule has 5 rings (SSSR count). The topological polar surface area (TPSA) is 74.1 Å². The Morgan fingerprint density at radius 3 is 2.61 bits per heavy atom. The minimum Gasteiger partial charge on any atom is -0.393 e. The Hall–Kier alpha value is -0.650. The molecule has 0 aromatic carbocycles. The number of nitrogens with zero attached hydrogens (tertiary/aromatic N) is 1. The van der Waals surface area contributed by atoms with Crippen molar-refractivity contribution in [1.82, 2.24) is 5.32 Å². The van der Waals surface area contributed by atoms with Crippen molar-refractivity contribution in [3.63, 3.8) is 0 Å². The van der Waals surface area contributed by atoms with Gasteiger partial charge in [0.25, 0.3) is 0 Å². The predicted molar refractivity (Wildman–Crippen MR) is 109 cm³/mol. The van der Waals surface area contributed by atoms with Gasteiger partial charge in [-0.3, -0.25) is 0 Å². The zero-order chi connectivity index (χ0) is 19.5. The minimum atomic E-state index is -0.245. The summed E-state index contributed by atoms with van der Waals surface area (Å²) in [5, 5.41) is 29.7. The Morgan fingerprint density at radius 1 is 1.00 bits per heavy atom. The molecule has 0 aromatic heterocycles. The molecule has 0 spiro atoms. The van der Waals surface area contributed by atoms with Crippen LogP contribution in [0.2, 0.25) is 0 Å². The SMILES string of the molecule is C[C@]12CC[C@H]3[C@@H](C[C@H](O)C4CC(=NO[C@@H]5CCNC5)CC[C@@]43C)[C@@H]1CC[C@@H]2O. The first-order valence-corrected chi connectivity index (χ1v) is 11.7. The summed E-state index contributed by atoms with van der Waals surface area (Å²) in [6.45, 7) is 6.68. The molecule has 1 aliphatic heterocycles. The quantitative estimate of drug-likeness (QED) is 0.634. The molecule has 9 atom stereocenters. The molecule has 5 aliphatic rings. The highest BCUT2D eigenvalue weighted by Gasteiger charge is 2.61. The number of oxime groups is 1. The number of rotatable bonds is 2. The Labute approximate surface area is 169 Å². The van der Waals surface area contributed by atoms with Gasteiger partial charge in [-0.05, 0) is 92.4 Å². The van der Waals surface area contributed by atoms with Gasteiger partial charge >= 0.3 is 0 Å². The maximum absolute atomic E-state index is 11.2. The van der Waals surface area contributed by atoms with Crippen molar-refractivity contribution in [3.05, 3.63) is 0 Å². The second-order valence-corrected chi connectivity index (χ2v) is 11.0. The van der Waals surface area contributed by atoms with Gasteiger partial charge in [0.1, 0.15) is 6.10 Å². The van der Waals surface area contributed by atoms with Crippen molar-refractivity contribution < 1.29 is 15.1 Å². The summed E-state index contributed by atoms with van der Waals surface area (Å²) in [7, 11) is 0. The largest absolute Gasteiger partial charge is 0.393 e. The van der Waals surface area contributed by atoms with E-state index in [1.54, 1.807) is 0 Å². The monoisotopic (exact) mass is 390 g/mol. The summed E-state index contributed by atoms with van der Waals surface area (Å²) in [5.74, 6) is 2.15. The Balaban J connectivity index is 1.33. The summed E-state index contributed by atoms with van der Waals surface area (Å²) in [5.41, 5.74) is 1.43. The van der Waals surface area contributed by atoms with Gasteiger partial charge in [0.15, 0.2) is 0 Å². The zero-order valence-corrected chi connectivity index (χ0v) is 17.6. The first-order chi connectivity index (χ1) is 13.4. The van der Waals surface area contributed by atoms with E-state index >= 15 is 0 Å². The van der Waals surface area contributed by atoms with Crippen molar-refractivity contribution in [2.75, 3.05) is 13.1 Å². The molecule has 4 aliphatic carbocycles. The summed E-state index contributed by atoms with van der Waals surface area (Å²) in [6.07, 6.45) is 9.25. The molecule has 5 heteroatoms. The summed E-state index contributed by atoms with van der Waals surface area (Å²) >= 11 is 0. The molecule has 5 fully saturated rings. The average molecular weight is 391 g/mol. The van der Waals surface area contributed by atoms with E-state index in [4.69, 9.17) is 4.84 Å². The van der Waals surface area contributed by atoms with Crippen LogP contribution in [-0.4, -0.2) is 47.3 Å². The van der Waals surface area contributed by atoms with Crippen molar-refractivity contribution in [3.8, 4) is 0 Å². The number of aliphatic hydroxyl groups excluding tert-OH is 2. The van der Waals surface area contributed by atoms with Gasteiger partial charge in [0.05, 0.1) is 17.9 Å². The smallest absolute Gasteiger partial charge is 0.141 e. The summed E-state index contributed by atoms with van der Waals surface area (Å²) in [6, 6.07) is 0. The van der Waals surface area contributed by atoms with E-state index in [-0.39, 0.29) is 29.1 Å². The van der Waals surface area contributed by atoms with Crippen LogP contribution in [0.5, 0.6) is 0 Å². The first-order valence-electron chi connectivity index (χ1n) is 11.7. The van der Waals surface area contributed by atoms with Gasteiger partial charge in [0.2, 0.25) is 0 Å². The second-order valence-electron chi connectivity index (χ2n) is 11.0. The number of hydrogen-bond donors (Lipinski definition) is 3. The fourth-order valence-electron chi connectivity index (χ4n) is 8.02. The summed E-state index contributed by atoms with van der Waals surface area (Å²) in [4.78, 5) is 5.79. The lowest BCUT2D eigenvalue weighted by Crippen LogP contribution is -2.58. The molecule has 158 valence electrons. The van der Waals surface area contributed by atoms with Gasteiger partial charge in [-0.2, -0.15) is 0 Å². The van der Waals surface area contributed by atoms with E-state index in [2.05, 4.69) is 24.3 Å². The number of fused-ring (bicyclic) bond motifs is 5. The normalized spacial score (nSPS) is 54.9. The Morgan fingerprint density at radius 2 is 1.82 bits per heavy atom. The molecule has 5 nitrogen and oxygen atoms in total. The van der Waals surface area contributed by atoms with Crippen LogP contribution in [0.4, 0.5) is 0 Å². The fraction of sp³-hybridized carbons (Fsp3) is 0.957. The Kier molecular flexibility index (Phi) is 4.80. The maximum Gasteiger partial charge on any atom is 0.141 e. The van der Waals surface area contributed by atoms with Crippen LogP contribution in [0.15, 0.2) is 5.16 Å². The van der Waals surface area contributed by atoms with Crippen LogP contribution in [-0.2, 0) is 4.84 Å². The van der Waals surface area contributed by atoms with Crippen LogP contribution in [0, 0.1) is 34.5 Å². The van der Waals surface area contributed by atoms with Gasteiger partial charge in [-0.25, -0.2) is 0 Å². The highest BCUT2D eigenvalue weighted by molar-refractivity contribution is 5.85. The number of hydrogen-bond acceptors (Lipinski definition) is 5. The van der Waals surface area contributed by atoms with Gasteiger partial charge in [-0.1, -0.05) is 19.0 Å². The van der Waals surface area contributed by atoms with E-state index in [0.29, 0.717) is 23.7 Å². The van der Waals surface area contributed by atoms with Crippen molar-refractivity contribution in [2.45, 2.75) is 89.9 Å². The lowest BCUT2D eigenvalue weighted by atomic mass is 9.44. The molecule has 0 aromatic rings. The molecule has 0 radical (unpaired) electrons. The zero-order valence-electron chi connectivity index (χ0n) is 17.6. The van der Waals surface area contributed by atoms with Gasteiger partial charge in [0, 0.05) is 13.0 Å². The number of nitrogens with one attached hydrogen (secondary N) is 1. The van der Waals surface area contributed by atoms with E-state index in [1.165, 1.54) is 6.42 Å². The molecule has 28 heavy (non-hydrogen) atoms. The van der Waals surface area contributed by atoms with Crippen LogP contribution in [0.25, 0.3) is 0 Å². The van der Waals surface area contributed by atoms with E-state index in [0.717, 1.165) is 70.2 Å². The van der Waals surface area contributed by atoms with Crippen molar-refractivity contribution >= 4 is 5.71 Å². The van der Waals surface area contributed by atoms with Crippen molar-refractivity contribution in [1.29, 1.82) is 0 Å². The van der Waals surface area contributed by atoms with Crippen LogP contribution >= 0.6 is 0 Å². The van der Waals surface area contributed by atoms with Crippen LogP contribution in [0.3, 0.4) is 0 Å². The molecule has 1 saturated heterocycles.